The van der Waals surface area contributed by atoms with Gasteiger partial charge in [0.15, 0.2) is 0 Å². The second kappa shape index (κ2) is 3.31. The van der Waals surface area contributed by atoms with Crippen LogP contribution in [-0.2, 0) is 6.54 Å². The van der Waals surface area contributed by atoms with Crippen LogP contribution in [0, 0.1) is 0 Å². The summed E-state index contributed by atoms with van der Waals surface area (Å²) in [6.45, 7) is 4.15. The number of hydrogen-bond acceptors (Lipinski definition) is 4. The molecule has 0 aromatic carbocycles. The first-order valence-corrected chi connectivity index (χ1v) is 3.77. The Balaban J connectivity index is 2.47. The lowest BCUT2D eigenvalue weighted by Crippen LogP contribution is -2.08. The highest BCUT2D eigenvalue weighted by Gasteiger charge is 1.96. The molecule has 0 spiro atoms. The predicted molar refractivity (Wildman–Crippen MR) is 43.1 cm³/mol. The van der Waals surface area contributed by atoms with E-state index >= 15 is 0 Å². The molecule has 0 bridgehead atoms. The normalized spacial score (nSPS) is 9.30. The van der Waals surface area contributed by atoms with Crippen LogP contribution in [0.2, 0.25) is 0 Å². The average molecular weight is 155 g/mol. The van der Waals surface area contributed by atoms with Crippen LogP contribution in [0.3, 0.4) is 0 Å². The molecule has 0 N–H and O–H groups in total. The number of hydrazone groups is 1. The zero-order chi connectivity index (χ0) is 7.40. The fourth-order valence-corrected chi connectivity index (χ4v) is 1.24. The van der Waals surface area contributed by atoms with Gasteiger partial charge in [-0.2, -0.15) is 5.10 Å². The summed E-state index contributed by atoms with van der Waals surface area (Å²) in [6.07, 6.45) is 1.79. The second-order valence-corrected chi connectivity index (χ2v) is 2.86. The van der Waals surface area contributed by atoms with E-state index in [4.69, 9.17) is 0 Å². The summed E-state index contributed by atoms with van der Waals surface area (Å²) in [4.78, 5) is 4.09. The lowest BCUT2D eigenvalue weighted by atomic mass is 10.7. The number of rotatable bonds is 3. The lowest BCUT2D eigenvalue weighted by Gasteiger charge is -2.07. The van der Waals surface area contributed by atoms with Gasteiger partial charge in [0, 0.05) is 25.3 Å². The lowest BCUT2D eigenvalue weighted by molar-refractivity contribution is 0.349. The zero-order valence-corrected chi connectivity index (χ0v) is 6.64. The molecule has 0 aliphatic carbocycles. The first-order valence-electron chi connectivity index (χ1n) is 2.89. The molecule has 54 valence electrons. The zero-order valence-electron chi connectivity index (χ0n) is 5.82. The van der Waals surface area contributed by atoms with E-state index in [1.54, 1.807) is 22.5 Å². The van der Waals surface area contributed by atoms with E-state index < -0.39 is 0 Å². The molecule has 0 amide bonds. The summed E-state index contributed by atoms with van der Waals surface area (Å²) in [5, 5.41) is 8.48. The summed E-state index contributed by atoms with van der Waals surface area (Å²) in [5.74, 6) is 0. The predicted octanol–water partition coefficient (Wildman–Crippen LogP) is 1.19. The van der Waals surface area contributed by atoms with E-state index in [1.807, 2.05) is 12.4 Å². The first-order chi connectivity index (χ1) is 4.83. The van der Waals surface area contributed by atoms with Gasteiger partial charge in [0.2, 0.25) is 0 Å². The number of thiazole rings is 1. The number of nitrogens with zero attached hydrogens (tertiary/aromatic N) is 3. The van der Waals surface area contributed by atoms with Gasteiger partial charge in [-0.3, -0.25) is 5.01 Å². The largest absolute Gasteiger partial charge is 0.294 e. The SMILES string of the molecule is C=NN(C)Cc1nccs1. The van der Waals surface area contributed by atoms with Crippen molar-refractivity contribution >= 4 is 18.1 Å². The van der Waals surface area contributed by atoms with E-state index in [0.29, 0.717) is 0 Å². The molecule has 4 heteroatoms. The highest BCUT2D eigenvalue weighted by Crippen LogP contribution is 2.05. The van der Waals surface area contributed by atoms with Crippen LogP contribution in [0.25, 0.3) is 0 Å². The van der Waals surface area contributed by atoms with Crippen molar-refractivity contribution in [1.29, 1.82) is 0 Å². The average Bonchev–Trinajstić information content (AvgIpc) is 2.40. The maximum Gasteiger partial charge on any atom is 0.114 e. The van der Waals surface area contributed by atoms with Crippen molar-refractivity contribution in [2.75, 3.05) is 7.05 Å². The molecule has 1 rings (SSSR count). The molecular formula is C6H9N3S. The third kappa shape index (κ3) is 1.80. The Morgan fingerprint density at radius 2 is 2.70 bits per heavy atom. The van der Waals surface area contributed by atoms with Crippen LogP contribution in [0.4, 0.5) is 0 Å². The third-order valence-corrected chi connectivity index (χ3v) is 1.85. The molecule has 1 aromatic heterocycles. The fourth-order valence-electron chi connectivity index (χ4n) is 0.577. The van der Waals surface area contributed by atoms with Crippen LogP contribution in [0.15, 0.2) is 16.7 Å². The van der Waals surface area contributed by atoms with E-state index in [9.17, 15) is 0 Å². The molecule has 0 aliphatic heterocycles. The van der Waals surface area contributed by atoms with Crippen molar-refractivity contribution in [2.45, 2.75) is 6.54 Å². The van der Waals surface area contributed by atoms with E-state index in [2.05, 4.69) is 16.8 Å². The van der Waals surface area contributed by atoms with Crippen molar-refractivity contribution in [2.24, 2.45) is 5.10 Å². The van der Waals surface area contributed by atoms with Gasteiger partial charge in [0.05, 0.1) is 6.54 Å². The third-order valence-electron chi connectivity index (χ3n) is 1.09. The summed E-state index contributed by atoms with van der Waals surface area (Å²) in [6, 6.07) is 0. The van der Waals surface area contributed by atoms with Gasteiger partial charge in [0.1, 0.15) is 5.01 Å². The maximum atomic E-state index is 4.09. The topological polar surface area (TPSA) is 28.5 Å². The molecule has 3 nitrogen and oxygen atoms in total. The second-order valence-electron chi connectivity index (χ2n) is 1.88. The molecule has 0 saturated carbocycles. The van der Waals surface area contributed by atoms with Crippen molar-refractivity contribution in [3.63, 3.8) is 0 Å². The molecule has 0 aliphatic rings. The van der Waals surface area contributed by atoms with Gasteiger partial charge in [0.25, 0.3) is 0 Å². The van der Waals surface area contributed by atoms with Gasteiger partial charge >= 0.3 is 0 Å². The summed E-state index contributed by atoms with van der Waals surface area (Å²) < 4.78 is 0. The first kappa shape index (κ1) is 7.21. The van der Waals surface area contributed by atoms with Crippen LogP contribution < -0.4 is 0 Å². The van der Waals surface area contributed by atoms with Crippen LogP contribution in [0.1, 0.15) is 5.01 Å². The minimum absolute atomic E-state index is 0.751. The van der Waals surface area contributed by atoms with Gasteiger partial charge in [-0.1, -0.05) is 0 Å². The van der Waals surface area contributed by atoms with Gasteiger partial charge in [-0.05, 0) is 0 Å². The van der Waals surface area contributed by atoms with Gasteiger partial charge in [-0.25, -0.2) is 4.98 Å². The molecule has 0 saturated heterocycles. The highest BCUT2D eigenvalue weighted by atomic mass is 32.1. The molecule has 0 unspecified atom stereocenters. The molecule has 1 heterocycles. The van der Waals surface area contributed by atoms with Gasteiger partial charge < -0.3 is 0 Å². The Morgan fingerprint density at radius 3 is 3.20 bits per heavy atom. The molecule has 0 fully saturated rings. The Morgan fingerprint density at radius 1 is 1.90 bits per heavy atom. The van der Waals surface area contributed by atoms with Crippen LogP contribution >= 0.6 is 11.3 Å². The van der Waals surface area contributed by atoms with Crippen LogP contribution in [-0.4, -0.2) is 23.8 Å². The van der Waals surface area contributed by atoms with Gasteiger partial charge in [-0.15, -0.1) is 11.3 Å². The number of aromatic nitrogens is 1. The molecule has 0 radical (unpaired) electrons. The van der Waals surface area contributed by atoms with E-state index in [-0.39, 0.29) is 0 Å². The summed E-state index contributed by atoms with van der Waals surface area (Å²) in [5.41, 5.74) is 0. The fraction of sp³-hybridized carbons (Fsp3) is 0.333. The minimum Gasteiger partial charge on any atom is -0.294 e. The minimum atomic E-state index is 0.751. The van der Waals surface area contributed by atoms with E-state index in [0.717, 1.165) is 11.6 Å². The highest BCUT2D eigenvalue weighted by molar-refractivity contribution is 7.09. The quantitative estimate of drug-likeness (QED) is 0.484. The Labute approximate surface area is 64.0 Å². The summed E-state index contributed by atoms with van der Waals surface area (Å²) in [7, 11) is 1.87. The van der Waals surface area contributed by atoms with Crippen molar-refractivity contribution in [3.05, 3.63) is 16.6 Å². The Bertz CT molecular complexity index is 195. The molecule has 10 heavy (non-hydrogen) atoms. The molecule has 0 atom stereocenters. The maximum absolute atomic E-state index is 4.09. The Hall–Kier alpha value is -0.900. The number of hydrogen-bond donors (Lipinski definition) is 0. The Kier molecular flexibility index (Phi) is 2.39. The molecular weight excluding hydrogens is 146 g/mol. The monoisotopic (exact) mass is 155 g/mol. The molecule has 1 aromatic rings. The summed E-state index contributed by atoms with van der Waals surface area (Å²) >= 11 is 1.63. The van der Waals surface area contributed by atoms with E-state index in [1.165, 1.54) is 0 Å². The van der Waals surface area contributed by atoms with Crippen molar-refractivity contribution < 1.29 is 0 Å². The van der Waals surface area contributed by atoms with Crippen LogP contribution in [0.5, 0.6) is 0 Å². The van der Waals surface area contributed by atoms with Crippen molar-refractivity contribution in [1.82, 2.24) is 9.99 Å². The standard InChI is InChI=1S/C6H9N3S/c1-7-9(2)5-6-8-3-4-10-6/h3-4H,1,5H2,2H3. The smallest absolute Gasteiger partial charge is 0.114 e. The van der Waals surface area contributed by atoms with Crippen molar-refractivity contribution in [3.8, 4) is 0 Å².